The second kappa shape index (κ2) is 6.61. The van der Waals surface area contributed by atoms with Crippen LogP contribution in [0.2, 0.25) is 0 Å². The van der Waals surface area contributed by atoms with Gasteiger partial charge in [0.15, 0.2) is 0 Å². The molecule has 0 fully saturated rings. The molecule has 0 aliphatic rings. The number of ether oxygens (including phenoxy) is 2. The van der Waals surface area contributed by atoms with Crippen LogP contribution in [0.15, 0.2) is 40.9 Å². The highest BCUT2D eigenvalue weighted by atomic mass is 79.9. The lowest BCUT2D eigenvalue weighted by Gasteiger charge is -2.13. The molecule has 0 amide bonds. The van der Waals surface area contributed by atoms with E-state index < -0.39 is 0 Å². The Hall–Kier alpha value is -1.75. The van der Waals surface area contributed by atoms with E-state index in [2.05, 4.69) is 21.2 Å². The van der Waals surface area contributed by atoms with Gasteiger partial charge in [0, 0.05) is 17.1 Å². The van der Waals surface area contributed by atoms with Gasteiger partial charge in [-0.1, -0.05) is 15.9 Å². The van der Waals surface area contributed by atoms with Gasteiger partial charge in [0.1, 0.15) is 17.3 Å². The first-order valence-electron chi connectivity index (χ1n) is 6.03. The highest BCUT2D eigenvalue weighted by Gasteiger charge is 2.05. The maximum absolute atomic E-state index is 13.3. The van der Waals surface area contributed by atoms with E-state index in [1.54, 1.807) is 14.2 Å². The lowest BCUT2D eigenvalue weighted by atomic mass is 10.2. The number of nitrogens with one attached hydrogen (secondary N) is 1. The van der Waals surface area contributed by atoms with Gasteiger partial charge in [0.25, 0.3) is 0 Å². The van der Waals surface area contributed by atoms with Gasteiger partial charge in [-0.3, -0.25) is 0 Å². The van der Waals surface area contributed by atoms with Gasteiger partial charge in [0.05, 0.1) is 19.9 Å². The van der Waals surface area contributed by atoms with Crippen molar-refractivity contribution in [3.63, 3.8) is 0 Å². The third-order valence-corrected chi connectivity index (χ3v) is 3.27. The zero-order valence-electron chi connectivity index (χ0n) is 11.2. The molecule has 0 heterocycles. The normalized spacial score (nSPS) is 10.2. The number of hydrogen-bond acceptors (Lipinski definition) is 3. The summed E-state index contributed by atoms with van der Waals surface area (Å²) in [7, 11) is 3.21. The summed E-state index contributed by atoms with van der Waals surface area (Å²) in [5.74, 6) is 1.17. The van der Waals surface area contributed by atoms with E-state index in [4.69, 9.17) is 9.47 Å². The smallest absolute Gasteiger partial charge is 0.142 e. The molecule has 0 aromatic heterocycles. The van der Waals surface area contributed by atoms with Crippen LogP contribution in [0, 0.1) is 5.82 Å². The van der Waals surface area contributed by atoms with Crippen LogP contribution in [0.3, 0.4) is 0 Å². The molecule has 5 heteroatoms. The third kappa shape index (κ3) is 3.63. The summed E-state index contributed by atoms with van der Waals surface area (Å²) in [5, 5.41) is 3.22. The zero-order valence-corrected chi connectivity index (χ0v) is 12.8. The molecule has 0 unspecified atom stereocenters. The summed E-state index contributed by atoms with van der Waals surface area (Å²) in [4.78, 5) is 0. The highest BCUT2D eigenvalue weighted by molar-refractivity contribution is 9.10. The van der Waals surface area contributed by atoms with Gasteiger partial charge in [-0.25, -0.2) is 4.39 Å². The van der Waals surface area contributed by atoms with Crippen molar-refractivity contribution >= 4 is 21.6 Å². The van der Waals surface area contributed by atoms with Crippen LogP contribution in [-0.2, 0) is 6.54 Å². The maximum atomic E-state index is 13.3. The van der Waals surface area contributed by atoms with Gasteiger partial charge in [-0.15, -0.1) is 0 Å². The molecule has 3 nitrogen and oxygen atoms in total. The Bertz CT molecular complexity index is 584. The van der Waals surface area contributed by atoms with Gasteiger partial charge >= 0.3 is 0 Å². The summed E-state index contributed by atoms with van der Waals surface area (Å²) in [6.07, 6.45) is 0. The molecule has 0 bridgehead atoms. The molecule has 0 saturated heterocycles. The minimum Gasteiger partial charge on any atom is -0.497 e. The van der Waals surface area contributed by atoms with E-state index in [9.17, 15) is 4.39 Å². The fraction of sp³-hybridized carbons (Fsp3) is 0.200. The van der Waals surface area contributed by atoms with E-state index >= 15 is 0 Å². The van der Waals surface area contributed by atoms with E-state index in [0.29, 0.717) is 16.8 Å². The Balaban J connectivity index is 2.17. The van der Waals surface area contributed by atoms with Crippen LogP contribution >= 0.6 is 15.9 Å². The van der Waals surface area contributed by atoms with Crippen LogP contribution in [0.25, 0.3) is 0 Å². The second-order valence-electron chi connectivity index (χ2n) is 4.20. The van der Waals surface area contributed by atoms with Crippen molar-refractivity contribution in [1.82, 2.24) is 0 Å². The lowest BCUT2D eigenvalue weighted by molar-refractivity contribution is 0.404. The SMILES string of the molecule is COc1ccc(OC)c(NCc2cc(F)cc(Br)c2)c1. The Morgan fingerprint density at radius 2 is 1.90 bits per heavy atom. The van der Waals surface area contributed by atoms with Crippen molar-refractivity contribution in [2.24, 2.45) is 0 Å². The van der Waals surface area contributed by atoms with Gasteiger partial charge in [-0.05, 0) is 35.9 Å². The van der Waals surface area contributed by atoms with Crippen molar-refractivity contribution in [3.05, 3.63) is 52.3 Å². The average Bonchev–Trinajstić information content (AvgIpc) is 2.43. The van der Waals surface area contributed by atoms with Crippen LogP contribution in [0.5, 0.6) is 11.5 Å². The van der Waals surface area contributed by atoms with Gasteiger partial charge < -0.3 is 14.8 Å². The third-order valence-electron chi connectivity index (χ3n) is 2.81. The Kier molecular flexibility index (Phi) is 4.84. The molecule has 0 atom stereocenters. The average molecular weight is 340 g/mol. The standard InChI is InChI=1S/C15H15BrFNO2/c1-19-13-3-4-15(20-2)14(8-13)18-9-10-5-11(16)7-12(17)6-10/h3-8,18H,9H2,1-2H3. The number of anilines is 1. The van der Waals surface area contributed by atoms with Crippen molar-refractivity contribution < 1.29 is 13.9 Å². The van der Waals surface area contributed by atoms with Crippen LogP contribution in [0.4, 0.5) is 10.1 Å². The summed E-state index contributed by atoms with van der Waals surface area (Å²) in [5.41, 5.74) is 1.63. The van der Waals surface area contributed by atoms with E-state index in [-0.39, 0.29) is 5.82 Å². The highest BCUT2D eigenvalue weighted by Crippen LogP contribution is 2.29. The monoisotopic (exact) mass is 339 g/mol. The topological polar surface area (TPSA) is 30.5 Å². The minimum atomic E-state index is -0.270. The first-order valence-corrected chi connectivity index (χ1v) is 6.82. The molecule has 0 aliphatic carbocycles. The molecule has 2 aromatic carbocycles. The Morgan fingerprint density at radius 3 is 2.55 bits per heavy atom. The van der Waals surface area contributed by atoms with Gasteiger partial charge in [-0.2, -0.15) is 0 Å². The molecule has 0 saturated carbocycles. The fourth-order valence-electron chi connectivity index (χ4n) is 1.86. The summed E-state index contributed by atoms with van der Waals surface area (Å²) in [6, 6.07) is 10.3. The minimum absolute atomic E-state index is 0.270. The molecule has 2 rings (SSSR count). The summed E-state index contributed by atoms with van der Waals surface area (Å²) < 4.78 is 24.5. The second-order valence-corrected chi connectivity index (χ2v) is 5.11. The fourth-order valence-corrected chi connectivity index (χ4v) is 2.38. The van der Waals surface area contributed by atoms with Crippen molar-refractivity contribution in [1.29, 1.82) is 0 Å². The van der Waals surface area contributed by atoms with Crippen LogP contribution in [0.1, 0.15) is 5.56 Å². The van der Waals surface area contributed by atoms with Crippen LogP contribution < -0.4 is 14.8 Å². The predicted molar refractivity (Wildman–Crippen MR) is 81.0 cm³/mol. The Morgan fingerprint density at radius 1 is 1.10 bits per heavy atom. The van der Waals surface area contributed by atoms with E-state index in [0.717, 1.165) is 17.0 Å². The van der Waals surface area contributed by atoms with Crippen molar-refractivity contribution in [3.8, 4) is 11.5 Å². The maximum Gasteiger partial charge on any atom is 0.142 e. The molecular formula is C15H15BrFNO2. The molecular weight excluding hydrogens is 325 g/mol. The zero-order chi connectivity index (χ0) is 14.5. The summed E-state index contributed by atoms with van der Waals surface area (Å²) in [6.45, 7) is 0.486. The quantitative estimate of drug-likeness (QED) is 0.884. The molecule has 0 radical (unpaired) electrons. The van der Waals surface area contributed by atoms with E-state index in [1.165, 1.54) is 12.1 Å². The molecule has 0 spiro atoms. The molecule has 20 heavy (non-hydrogen) atoms. The number of benzene rings is 2. The van der Waals surface area contributed by atoms with Crippen LogP contribution in [-0.4, -0.2) is 14.2 Å². The van der Waals surface area contributed by atoms with Crippen molar-refractivity contribution in [2.45, 2.75) is 6.54 Å². The summed E-state index contributed by atoms with van der Waals surface area (Å²) >= 11 is 3.28. The Labute approximate surface area is 125 Å². The number of halogens is 2. The molecule has 2 aromatic rings. The number of hydrogen-bond donors (Lipinski definition) is 1. The number of methoxy groups -OCH3 is 2. The van der Waals surface area contributed by atoms with Gasteiger partial charge in [0.2, 0.25) is 0 Å². The van der Waals surface area contributed by atoms with E-state index in [1.807, 2.05) is 24.3 Å². The molecule has 106 valence electrons. The first kappa shape index (κ1) is 14.7. The van der Waals surface area contributed by atoms with Crippen molar-refractivity contribution in [2.75, 3.05) is 19.5 Å². The largest absolute Gasteiger partial charge is 0.497 e. The lowest BCUT2D eigenvalue weighted by Crippen LogP contribution is -2.02. The molecule has 0 aliphatic heterocycles. The molecule has 1 N–H and O–H groups in total. The first-order chi connectivity index (χ1) is 9.62. The number of rotatable bonds is 5. The predicted octanol–water partition coefficient (Wildman–Crippen LogP) is 4.22.